The van der Waals surface area contributed by atoms with Crippen molar-refractivity contribution in [3.8, 4) is 11.1 Å². The normalized spacial score (nSPS) is 23.1. The Morgan fingerprint density at radius 1 is 0.905 bits per heavy atom. The molecule has 4 rings (SSSR count). The Labute approximate surface area is 258 Å². The van der Waals surface area contributed by atoms with Gasteiger partial charge in [-0.3, -0.25) is 0 Å². The van der Waals surface area contributed by atoms with Crippen molar-refractivity contribution in [2.45, 2.75) is 130 Å². The number of carbonyl (C=O) groups is 1. The fraction of sp³-hybridized carbons (Fsp3) is 0.625. The molecule has 2 heteroatoms. The molecule has 2 nitrogen and oxygen atoms in total. The standard InChI is InChI=1S/C39H58O.CH2O/c1-6-8-9-10-30-11-21-38(29(5)26-30)37-20-22-39(31(7-2)27-37)35-18-16-33(17-19-35)32-12-14-34(15-13-32)36(23-24-40)25-28(3)4;1-2/h11,20-22,26-27,32-36,40H,3,6-10,12-19,23-25H2,1-2,4-5H3;1H2. The summed E-state index contributed by atoms with van der Waals surface area (Å²) in [7, 11) is 0. The first-order chi connectivity index (χ1) is 20.4. The van der Waals surface area contributed by atoms with Crippen molar-refractivity contribution in [3.05, 3.63) is 70.8 Å². The molecule has 0 aliphatic heterocycles. The Kier molecular flexibility index (Phi) is 14.5. The number of rotatable bonds is 13. The van der Waals surface area contributed by atoms with Crippen LogP contribution < -0.4 is 0 Å². The Balaban J connectivity index is 0.00000237. The maximum Gasteiger partial charge on any atom is 0.106 e. The smallest absolute Gasteiger partial charge is 0.106 e. The van der Waals surface area contributed by atoms with Crippen LogP contribution in [0.2, 0.25) is 0 Å². The third kappa shape index (κ3) is 9.40. The van der Waals surface area contributed by atoms with Crippen LogP contribution in [0.5, 0.6) is 0 Å². The topological polar surface area (TPSA) is 37.3 Å². The Bertz CT molecular complexity index is 1080. The number of hydrogen-bond donors (Lipinski definition) is 1. The fourth-order valence-electron chi connectivity index (χ4n) is 8.37. The Hall–Kier alpha value is -2.19. The van der Waals surface area contributed by atoms with Gasteiger partial charge in [0, 0.05) is 6.61 Å². The average Bonchev–Trinajstić information content (AvgIpc) is 3.02. The fourth-order valence-corrected chi connectivity index (χ4v) is 8.37. The maximum atomic E-state index is 9.59. The first-order valence-corrected chi connectivity index (χ1v) is 17.2. The first-order valence-electron chi connectivity index (χ1n) is 17.2. The zero-order chi connectivity index (χ0) is 30.5. The van der Waals surface area contributed by atoms with Gasteiger partial charge < -0.3 is 9.90 Å². The second-order valence-corrected chi connectivity index (χ2v) is 13.6. The molecule has 2 fully saturated rings. The predicted octanol–water partition coefficient (Wildman–Crippen LogP) is 10.8. The Morgan fingerprint density at radius 2 is 1.57 bits per heavy atom. The van der Waals surface area contributed by atoms with Gasteiger partial charge >= 0.3 is 0 Å². The highest BCUT2D eigenvalue weighted by atomic mass is 16.3. The molecule has 1 N–H and O–H groups in total. The molecule has 0 spiro atoms. The van der Waals surface area contributed by atoms with E-state index in [1.165, 1.54) is 105 Å². The van der Waals surface area contributed by atoms with Gasteiger partial charge in [-0.25, -0.2) is 0 Å². The summed E-state index contributed by atoms with van der Waals surface area (Å²) in [4.78, 5) is 8.00. The van der Waals surface area contributed by atoms with E-state index in [1.54, 1.807) is 11.1 Å². The predicted molar refractivity (Wildman–Crippen MR) is 181 cm³/mol. The zero-order valence-corrected chi connectivity index (χ0v) is 27.4. The lowest BCUT2D eigenvalue weighted by Crippen LogP contribution is -2.28. The maximum absolute atomic E-state index is 9.59. The van der Waals surface area contributed by atoms with Gasteiger partial charge in [0.25, 0.3) is 0 Å². The van der Waals surface area contributed by atoms with Gasteiger partial charge in [0.1, 0.15) is 6.79 Å². The van der Waals surface area contributed by atoms with Gasteiger partial charge in [-0.05, 0) is 160 Å². The van der Waals surface area contributed by atoms with Gasteiger partial charge in [-0.1, -0.05) is 68.7 Å². The molecule has 1 atom stereocenters. The SMILES string of the molecule is C=C(C)CC(CCO)C1CCC(C2CCC(c3ccc(-c4ccc(CCCCC)cc4C)cc3CC)CC2)CC1.C=O. The van der Waals surface area contributed by atoms with Crippen LogP contribution >= 0.6 is 0 Å². The summed E-state index contributed by atoms with van der Waals surface area (Å²) in [5.41, 5.74) is 10.2. The minimum absolute atomic E-state index is 0.327. The summed E-state index contributed by atoms with van der Waals surface area (Å²) in [6, 6.07) is 14.6. The summed E-state index contributed by atoms with van der Waals surface area (Å²) >= 11 is 0. The highest BCUT2D eigenvalue weighted by Gasteiger charge is 2.33. The number of benzene rings is 2. The van der Waals surface area contributed by atoms with Gasteiger partial charge in [-0.2, -0.15) is 0 Å². The van der Waals surface area contributed by atoms with E-state index in [0.717, 1.165) is 42.9 Å². The van der Waals surface area contributed by atoms with E-state index >= 15 is 0 Å². The van der Waals surface area contributed by atoms with Crippen molar-refractivity contribution in [2.75, 3.05) is 6.61 Å². The van der Waals surface area contributed by atoms with E-state index in [-0.39, 0.29) is 0 Å². The van der Waals surface area contributed by atoms with E-state index in [9.17, 15) is 5.11 Å². The molecule has 2 saturated carbocycles. The van der Waals surface area contributed by atoms with Gasteiger partial charge in [0.05, 0.1) is 0 Å². The van der Waals surface area contributed by atoms with Crippen molar-refractivity contribution in [1.82, 2.24) is 0 Å². The van der Waals surface area contributed by atoms with Crippen molar-refractivity contribution < 1.29 is 9.90 Å². The van der Waals surface area contributed by atoms with Crippen molar-refractivity contribution >= 4 is 6.79 Å². The number of hydrogen-bond acceptors (Lipinski definition) is 2. The Morgan fingerprint density at radius 3 is 2.14 bits per heavy atom. The molecule has 0 bridgehead atoms. The van der Waals surface area contributed by atoms with E-state index in [4.69, 9.17) is 4.79 Å². The lowest BCUT2D eigenvalue weighted by atomic mass is 9.65. The molecule has 1 unspecified atom stereocenters. The molecule has 2 aliphatic rings. The minimum atomic E-state index is 0.327. The summed E-state index contributed by atoms with van der Waals surface area (Å²) in [6.45, 7) is 15.6. The lowest BCUT2D eigenvalue weighted by Gasteiger charge is -2.40. The first kappa shape index (κ1) is 34.3. The zero-order valence-electron chi connectivity index (χ0n) is 27.4. The summed E-state index contributed by atoms with van der Waals surface area (Å²) in [5, 5.41) is 9.59. The molecule has 2 aliphatic carbocycles. The van der Waals surface area contributed by atoms with Crippen LogP contribution in [0, 0.1) is 30.6 Å². The largest absolute Gasteiger partial charge is 0.396 e. The second-order valence-electron chi connectivity index (χ2n) is 13.6. The quantitative estimate of drug-likeness (QED) is 0.191. The molecule has 2 aromatic carbocycles. The van der Waals surface area contributed by atoms with Crippen molar-refractivity contribution in [2.24, 2.45) is 23.7 Å². The third-order valence-corrected chi connectivity index (χ3v) is 10.7. The molecule has 0 heterocycles. The van der Waals surface area contributed by atoms with Crippen molar-refractivity contribution in [3.63, 3.8) is 0 Å². The number of aliphatic hydroxyl groups excluding tert-OH is 1. The van der Waals surface area contributed by atoms with Gasteiger partial charge in [-0.15, -0.1) is 6.58 Å². The van der Waals surface area contributed by atoms with Crippen LogP contribution in [-0.2, 0) is 17.6 Å². The lowest BCUT2D eigenvalue weighted by molar-refractivity contribution is -0.0980. The van der Waals surface area contributed by atoms with Gasteiger partial charge in [0.15, 0.2) is 0 Å². The summed E-state index contributed by atoms with van der Waals surface area (Å²) in [5.74, 6) is 4.03. The molecule has 42 heavy (non-hydrogen) atoms. The van der Waals surface area contributed by atoms with Crippen LogP contribution in [0.4, 0.5) is 0 Å². The monoisotopic (exact) mass is 572 g/mol. The van der Waals surface area contributed by atoms with Crippen LogP contribution in [0.3, 0.4) is 0 Å². The highest BCUT2D eigenvalue weighted by Crippen LogP contribution is 2.46. The highest BCUT2D eigenvalue weighted by molar-refractivity contribution is 5.69. The number of aryl methyl sites for hydroxylation is 3. The molecular weight excluding hydrogens is 512 g/mol. The number of aliphatic hydroxyl groups is 1. The van der Waals surface area contributed by atoms with E-state index < -0.39 is 0 Å². The number of allylic oxidation sites excluding steroid dienone is 1. The minimum Gasteiger partial charge on any atom is -0.396 e. The third-order valence-electron chi connectivity index (χ3n) is 10.7. The average molecular weight is 573 g/mol. The molecular formula is C40H60O2. The van der Waals surface area contributed by atoms with Crippen LogP contribution in [0.25, 0.3) is 11.1 Å². The molecule has 2 aromatic rings. The van der Waals surface area contributed by atoms with Crippen LogP contribution in [0.1, 0.15) is 132 Å². The summed E-state index contributed by atoms with van der Waals surface area (Å²) < 4.78 is 0. The van der Waals surface area contributed by atoms with E-state index in [2.05, 4.69) is 70.7 Å². The molecule has 0 amide bonds. The molecule has 0 saturated heterocycles. The summed E-state index contributed by atoms with van der Waals surface area (Å²) in [6.07, 6.45) is 19.4. The van der Waals surface area contributed by atoms with Crippen LogP contribution in [-0.4, -0.2) is 18.5 Å². The number of carbonyl (C=O) groups excluding carboxylic acids is 1. The van der Waals surface area contributed by atoms with E-state index in [0.29, 0.717) is 12.5 Å². The molecule has 0 aromatic heterocycles. The van der Waals surface area contributed by atoms with E-state index in [1.807, 2.05) is 6.79 Å². The van der Waals surface area contributed by atoms with Crippen molar-refractivity contribution in [1.29, 1.82) is 0 Å². The van der Waals surface area contributed by atoms with Crippen LogP contribution in [0.15, 0.2) is 48.6 Å². The number of unbranched alkanes of at least 4 members (excludes halogenated alkanes) is 2. The second kappa shape index (κ2) is 17.8. The van der Waals surface area contributed by atoms with Gasteiger partial charge in [0.2, 0.25) is 0 Å². The molecule has 0 radical (unpaired) electrons. The molecule has 232 valence electrons.